The molecule has 0 saturated carbocycles. The van der Waals surface area contributed by atoms with Gasteiger partial charge in [-0.3, -0.25) is 0 Å². The Bertz CT molecular complexity index is 275. The van der Waals surface area contributed by atoms with E-state index < -0.39 is 0 Å². The van der Waals surface area contributed by atoms with Gasteiger partial charge in [-0.2, -0.15) is 0 Å². The third kappa shape index (κ3) is 4.96. The number of hydrogen-bond donors (Lipinski definition) is 1. The van der Waals surface area contributed by atoms with Crippen LogP contribution in [-0.2, 0) is 6.54 Å². The molecule has 0 amide bonds. The van der Waals surface area contributed by atoms with Gasteiger partial charge in [0.15, 0.2) is 0 Å². The summed E-state index contributed by atoms with van der Waals surface area (Å²) < 4.78 is 0. The van der Waals surface area contributed by atoms with Crippen molar-refractivity contribution in [2.45, 2.75) is 33.2 Å². The van der Waals surface area contributed by atoms with Crippen molar-refractivity contribution >= 4 is 22.9 Å². The number of nitrogens with one attached hydrogen (secondary N) is 1. The van der Waals surface area contributed by atoms with Crippen LogP contribution in [0.5, 0.6) is 0 Å². The second-order valence-corrected chi connectivity index (χ2v) is 5.18. The molecule has 1 heterocycles. The van der Waals surface area contributed by atoms with Gasteiger partial charge in [-0.25, -0.2) is 4.98 Å². The van der Waals surface area contributed by atoms with Crippen LogP contribution in [0, 0.1) is 12.8 Å². The molecule has 0 bridgehead atoms. The average Bonchev–Trinajstić information content (AvgIpc) is 2.63. The Morgan fingerprint density at radius 1 is 1.60 bits per heavy atom. The van der Waals surface area contributed by atoms with Gasteiger partial charge >= 0.3 is 0 Å². The van der Waals surface area contributed by atoms with Crippen LogP contribution < -0.4 is 5.32 Å². The molecule has 1 aromatic heterocycles. The fourth-order valence-corrected chi connectivity index (χ4v) is 2.42. The van der Waals surface area contributed by atoms with Crippen molar-refractivity contribution in [2.24, 2.45) is 5.92 Å². The van der Waals surface area contributed by atoms with Gasteiger partial charge in [0.05, 0.1) is 10.7 Å². The van der Waals surface area contributed by atoms with Gasteiger partial charge in [-0.05, 0) is 25.8 Å². The zero-order valence-electron chi connectivity index (χ0n) is 9.42. The fraction of sp³-hybridized carbons (Fsp3) is 0.727. The molecule has 1 aromatic rings. The summed E-state index contributed by atoms with van der Waals surface area (Å²) in [6.07, 6.45) is 2.29. The molecule has 1 unspecified atom stereocenters. The molecule has 0 fully saturated rings. The summed E-state index contributed by atoms with van der Waals surface area (Å²) in [5.41, 5.74) is 1.15. The zero-order chi connectivity index (χ0) is 11.1. The molecule has 0 aromatic carbocycles. The second kappa shape index (κ2) is 7.20. The van der Waals surface area contributed by atoms with Gasteiger partial charge in [0, 0.05) is 17.8 Å². The third-order valence-corrected chi connectivity index (χ3v) is 3.54. The predicted molar refractivity (Wildman–Crippen MR) is 67.7 cm³/mol. The highest BCUT2D eigenvalue weighted by molar-refractivity contribution is 7.09. The minimum Gasteiger partial charge on any atom is -0.311 e. The van der Waals surface area contributed by atoms with Gasteiger partial charge in [-0.15, -0.1) is 22.9 Å². The van der Waals surface area contributed by atoms with E-state index in [-0.39, 0.29) is 0 Å². The lowest BCUT2D eigenvalue weighted by Gasteiger charge is -2.13. The van der Waals surface area contributed by atoms with E-state index in [2.05, 4.69) is 22.6 Å². The van der Waals surface area contributed by atoms with Crippen LogP contribution >= 0.6 is 22.9 Å². The molecule has 0 aliphatic carbocycles. The van der Waals surface area contributed by atoms with Crippen LogP contribution in [0.2, 0.25) is 0 Å². The summed E-state index contributed by atoms with van der Waals surface area (Å²) in [5.74, 6) is 1.46. The Labute approximate surface area is 101 Å². The summed E-state index contributed by atoms with van der Waals surface area (Å²) in [7, 11) is 0. The second-order valence-electron chi connectivity index (χ2n) is 3.74. The number of thiazole rings is 1. The average molecular weight is 247 g/mol. The Balaban J connectivity index is 2.20. The monoisotopic (exact) mass is 246 g/mol. The van der Waals surface area contributed by atoms with Gasteiger partial charge in [0.2, 0.25) is 0 Å². The first-order valence-electron chi connectivity index (χ1n) is 5.44. The van der Waals surface area contributed by atoms with E-state index in [0.717, 1.165) is 36.1 Å². The van der Waals surface area contributed by atoms with E-state index in [9.17, 15) is 0 Å². The minimum atomic E-state index is 0.697. The number of aryl methyl sites for hydroxylation is 1. The summed E-state index contributed by atoms with van der Waals surface area (Å²) in [4.78, 5) is 4.41. The molecular weight excluding hydrogens is 228 g/mol. The first-order chi connectivity index (χ1) is 7.26. The Hall–Kier alpha value is -0.120. The van der Waals surface area contributed by atoms with E-state index in [1.165, 1.54) is 6.42 Å². The molecule has 15 heavy (non-hydrogen) atoms. The highest BCUT2D eigenvalue weighted by atomic mass is 35.5. The maximum Gasteiger partial charge on any atom is 0.0897 e. The van der Waals surface area contributed by atoms with Gasteiger partial charge in [0.1, 0.15) is 0 Å². The summed E-state index contributed by atoms with van der Waals surface area (Å²) in [6.45, 7) is 6.17. The Kier molecular flexibility index (Phi) is 6.22. The normalized spacial score (nSPS) is 13.0. The SMILES string of the molecule is CCC(CCCl)CNCc1csc(C)n1. The van der Waals surface area contributed by atoms with Crippen LogP contribution in [0.1, 0.15) is 30.5 Å². The number of aromatic nitrogens is 1. The lowest BCUT2D eigenvalue weighted by atomic mass is 10.0. The molecular formula is C11H19ClN2S. The maximum absolute atomic E-state index is 5.74. The van der Waals surface area contributed by atoms with E-state index in [4.69, 9.17) is 11.6 Å². The van der Waals surface area contributed by atoms with Crippen molar-refractivity contribution in [3.05, 3.63) is 16.1 Å². The van der Waals surface area contributed by atoms with Crippen LogP contribution in [0.4, 0.5) is 0 Å². The van der Waals surface area contributed by atoms with Gasteiger partial charge in [0.25, 0.3) is 0 Å². The molecule has 0 aliphatic heterocycles. The molecule has 4 heteroatoms. The predicted octanol–water partition coefficient (Wildman–Crippen LogP) is 3.20. The molecule has 0 radical (unpaired) electrons. The summed E-state index contributed by atoms with van der Waals surface area (Å²) >= 11 is 7.44. The van der Waals surface area contributed by atoms with Crippen LogP contribution in [0.15, 0.2) is 5.38 Å². The number of hydrogen-bond acceptors (Lipinski definition) is 3. The zero-order valence-corrected chi connectivity index (χ0v) is 11.0. The molecule has 86 valence electrons. The number of alkyl halides is 1. The van der Waals surface area contributed by atoms with Crippen molar-refractivity contribution in [2.75, 3.05) is 12.4 Å². The van der Waals surface area contributed by atoms with Crippen molar-refractivity contribution in [3.8, 4) is 0 Å². The van der Waals surface area contributed by atoms with E-state index >= 15 is 0 Å². The molecule has 0 spiro atoms. The van der Waals surface area contributed by atoms with Gasteiger partial charge in [-0.1, -0.05) is 13.3 Å². The first-order valence-corrected chi connectivity index (χ1v) is 6.85. The standard InChI is InChI=1S/C11H19ClN2S/c1-3-10(4-5-12)6-13-7-11-8-15-9(2)14-11/h8,10,13H,3-7H2,1-2H3. The maximum atomic E-state index is 5.74. The van der Waals surface area contributed by atoms with E-state index in [0.29, 0.717) is 5.92 Å². The Morgan fingerprint density at radius 3 is 2.93 bits per heavy atom. The minimum absolute atomic E-state index is 0.697. The lowest BCUT2D eigenvalue weighted by molar-refractivity contribution is 0.450. The molecule has 0 saturated heterocycles. The largest absolute Gasteiger partial charge is 0.311 e. The van der Waals surface area contributed by atoms with Gasteiger partial charge < -0.3 is 5.32 Å². The molecule has 0 aliphatic rings. The summed E-state index contributed by atoms with van der Waals surface area (Å²) in [6, 6.07) is 0. The molecule has 2 nitrogen and oxygen atoms in total. The van der Waals surface area contributed by atoms with Crippen molar-refractivity contribution in [1.29, 1.82) is 0 Å². The number of halogens is 1. The lowest BCUT2D eigenvalue weighted by Crippen LogP contribution is -2.22. The number of nitrogens with zero attached hydrogens (tertiary/aromatic N) is 1. The van der Waals surface area contributed by atoms with Crippen molar-refractivity contribution in [3.63, 3.8) is 0 Å². The van der Waals surface area contributed by atoms with E-state index in [1.807, 2.05) is 6.92 Å². The van der Waals surface area contributed by atoms with Crippen LogP contribution in [0.3, 0.4) is 0 Å². The quantitative estimate of drug-likeness (QED) is 0.748. The highest BCUT2D eigenvalue weighted by Gasteiger charge is 2.05. The highest BCUT2D eigenvalue weighted by Crippen LogP contribution is 2.10. The van der Waals surface area contributed by atoms with E-state index in [1.54, 1.807) is 11.3 Å². The third-order valence-electron chi connectivity index (χ3n) is 2.50. The smallest absolute Gasteiger partial charge is 0.0897 e. The fourth-order valence-electron chi connectivity index (χ4n) is 1.50. The van der Waals surface area contributed by atoms with Crippen LogP contribution in [-0.4, -0.2) is 17.4 Å². The van der Waals surface area contributed by atoms with Crippen molar-refractivity contribution in [1.82, 2.24) is 10.3 Å². The summed E-state index contributed by atoms with van der Waals surface area (Å²) in [5, 5.41) is 6.69. The molecule has 1 rings (SSSR count). The molecule has 1 N–H and O–H groups in total. The van der Waals surface area contributed by atoms with Crippen LogP contribution in [0.25, 0.3) is 0 Å². The topological polar surface area (TPSA) is 24.9 Å². The van der Waals surface area contributed by atoms with Crippen molar-refractivity contribution < 1.29 is 0 Å². The number of rotatable bonds is 7. The molecule has 1 atom stereocenters. The Morgan fingerprint density at radius 2 is 2.40 bits per heavy atom. The first kappa shape index (κ1) is 12.9.